The highest BCUT2D eigenvalue weighted by Gasteiger charge is 2.38. The molecule has 5 rings (SSSR count). The van der Waals surface area contributed by atoms with Crippen molar-refractivity contribution in [2.24, 2.45) is 7.05 Å². The fourth-order valence-corrected chi connectivity index (χ4v) is 5.86. The van der Waals surface area contributed by atoms with E-state index in [1.165, 1.54) is 6.07 Å². The molecule has 218 valence electrons. The summed E-state index contributed by atoms with van der Waals surface area (Å²) in [6.07, 6.45) is 2.91. The summed E-state index contributed by atoms with van der Waals surface area (Å²) in [7, 11) is 1.93. The predicted molar refractivity (Wildman–Crippen MR) is 147 cm³/mol. The van der Waals surface area contributed by atoms with E-state index in [9.17, 15) is 27.9 Å². The Morgan fingerprint density at radius 1 is 1.10 bits per heavy atom. The molecule has 2 aromatic carbocycles. The first-order valence-corrected chi connectivity index (χ1v) is 13.8. The van der Waals surface area contributed by atoms with Crippen LogP contribution in [0.2, 0.25) is 0 Å². The van der Waals surface area contributed by atoms with E-state index in [1.54, 1.807) is 6.33 Å². The summed E-state index contributed by atoms with van der Waals surface area (Å²) in [4.78, 5) is 31.4. The van der Waals surface area contributed by atoms with Crippen molar-refractivity contribution < 1.29 is 27.9 Å². The van der Waals surface area contributed by atoms with Crippen LogP contribution in [0, 0.1) is 0 Å². The Morgan fingerprint density at radius 2 is 1.83 bits per heavy atom. The summed E-state index contributed by atoms with van der Waals surface area (Å²) in [5.74, 6) is -1.12. The number of halogens is 3. The quantitative estimate of drug-likeness (QED) is 0.402. The molecule has 2 aliphatic rings. The van der Waals surface area contributed by atoms with Crippen LogP contribution >= 0.6 is 0 Å². The lowest BCUT2D eigenvalue weighted by Gasteiger charge is -2.40. The molecular weight excluding hydrogens is 535 g/mol. The fourth-order valence-electron chi connectivity index (χ4n) is 5.86. The maximum absolute atomic E-state index is 12.9. The first-order valence-electron chi connectivity index (χ1n) is 13.8. The van der Waals surface area contributed by atoms with E-state index < -0.39 is 23.2 Å². The number of hydrogen-bond acceptors (Lipinski definition) is 5. The monoisotopic (exact) mass is 569 g/mol. The molecule has 2 amide bonds. The number of nitrogens with zero attached hydrogens (tertiary/aromatic N) is 3. The molecule has 2 heterocycles. The summed E-state index contributed by atoms with van der Waals surface area (Å²) in [6, 6.07) is 12.3. The number of amides is 2. The number of alkyl halides is 3. The van der Waals surface area contributed by atoms with Crippen molar-refractivity contribution in [1.29, 1.82) is 0 Å². The van der Waals surface area contributed by atoms with Gasteiger partial charge in [0.05, 0.1) is 29.7 Å². The molecule has 3 aromatic rings. The van der Waals surface area contributed by atoms with Gasteiger partial charge in [-0.25, -0.2) is 4.98 Å². The first kappa shape index (κ1) is 28.8. The van der Waals surface area contributed by atoms with Crippen molar-refractivity contribution in [3.8, 4) is 11.3 Å². The van der Waals surface area contributed by atoms with Crippen molar-refractivity contribution in [3.05, 3.63) is 77.7 Å². The summed E-state index contributed by atoms with van der Waals surface area (Å²) >= 11 is 0. The van der Waals surface area contributed by atoms with Gasteiger partial charge in [-0.05, 0) is 55.9 Å². The third kappa shape index (κ3) is 6.79. The molecule has 3 N–H and O–H groups in total. The van der Waals surface area contributed by atoms with E-state index in [-0.39, 0.29) is 24.1 Å². The van der Waals surface area contributed by atoms with Gasteiger partial charge < -0.3 is 20.3 Å². The van der Waals surface area contributed by atoms with Crippen LogP contribution in [0.4, 0.5) is 13.2 Å². The Labute approximate surface area is 236 Å². The van der Waals surface area contributed by atoms with Gasteiger partial charge in [-0.1, -0.05) is 30.3 Å². The highest BCUT2D eigenvalue weighted by molar-refractivity contribution is 5.96. The lowest BCUT2D eigenvalue weighted by molar-refractivity contribution is -0.137. The lowest BCUT2D eigenvalue weighted by atomic mass is 9.77. The Morgan fingerprint density at radius 3 is 2.49 bits per heavy atom. The van der Waals surface area contributed by atoms with Crippen molar-refractivity contribution >= 4 is 11.8 Å². The average Bonchev–Trinajstić information content (AvgIpc) is 3.61. The molecule has 11 heteroatoms. The van der Waals surface area contributed by atoms with Gasteiger partial charge in [0.1, 0.15) is 0 Å². The molecule has 1 atom stereocenters. The van der Waals surface area contributed by atoms with E-state index in [4.69, 9.17) is 0 Å². The fraction of sp³-hybridized carbons (Fsp3) is 0.433. The number of nitrogens with one attached hydrogen (secondary N) is 2. The minimum atomic E-state index is -4.55. The number of carbonyl (C=O) groups is 2. The smallest absolute Gasteiger partial charge is 0.385 e. The SMILES string of the molecule is Cn1cnc(-c2ccc(C3(O)CCC(N4CC[C@@H](NC(=O)CNC(=O)c5cccc(C(F)(F)F)c5)C4)CC3)cc2)c1. The number of hydrogen-bond donors (Lipinski definition) is 3. The predicted octanol–water partition coefficient (Wildman–Crippen LogP) is 3.86. The van der Waals surface area contributed by atoms with Gasteiger partial charge in [0.2, 0.25) is 5.91 Å². The number of benzene rings is 2. The van der Waals surface area contributed by atoms with Gasteiger partial charge in [0, 0.05) is 49.5 Å². The molecule has 0 spiro atoms. The normalized spacial score (nSPS) is 23.3. The zero-order valence-electron chi connectivity index (χ0n) is 22.8. The van der Waals surface area contributed by atoms with Crippen LogP contribution in [0.1, 0.15) is 53.6 Å². The summed E-state index contributed by atoms with van der Waals surface area (Å²) in [5, 5.41) is 16.7. The van der Waals surface area contributed by atoms with E-state index in [0.29, 0.717) is 25.4 Å². The molecular formula is C30H34F3N5O3. The molecule has 1 saturated heterocycles. The number of aromatic nitrogens is 2. The van der Waals surface area contributed by atoms with Crippen LogP contribution in [0.5, 0.6) is 0 Å². The molecule has 1 aliphatic heterocycles. The molecule has 1 aliphatic carbocycles. The molecule has 41 heavy (non-hydrogen) atoms. The maximum atomic E-state index is 12.9. The van der Waals surface area contributed by atoms with Crippen LogP contribution in [0.25, 0.3) is 11.3 Å². The van der Waals surface area contributed by atoms with Crippen LogP contribution in [0.3, 0.4) is 0 Å². The number of carbonyl (C=O) groups excluding carboxylic acids is 2. The largest absolute Gasteiger partial charge is 0.416 e. The van der Waals surface area contributed by atoms with Crippen molar-refractivity contribution in [1.82, 2.24) is 25.1 Å². The van der Waals surface area contributed by atoms with Gasteiger partial charge >= 0.3 is 6.18 Å². The number of likely N-dealkylation sites (tertiary alicyclic amines) is 1. The molecule has 0 bridgehead atoms. The second-order valence-corrected chi connectivity index (χ2v) is 11.1. The zero-order valence-corrected chi connectivity index (χ0v) is 22.8. The third-order valence-corrected chi connectivity index (χ3v) is 8.17. The Kier molecular flexibility index (Phi) is 8.19. The molecule has 2 fully saturated rings. The number of rotatable bonds is 7. The van der Waals surface area contributed by atoms with Crippen LogP contribution in [-0.4, -0.2) is 63.1 Å². The van der Waals surface area contributed by atoms with Gasteiger partial charge in [0.25, 0.3) is 5.91 Å². The van der Waals surface area contributed by atoms with E-state index in [2.05, 4.69) is 20.5 Å². The second-order valence-electron chi connectivity index (χ2n) is 11.1. The number of imidazole rings is 1. The second kappa shape index (κ2) is 11.7. The highest BCUT2D eigenvalue weighted by Crippen LogP contribution is 2.40. The summed E-state index contributed by atoms with van der Waals surface area (Å²) in [6.45, 7) is 1.18. The van der Waals surface area contributed by atoms with Gasteiger partial charge in [-0.15, -0.1) is 0 Å². The van der Waals surface area contributed by atoms with Gasteiger partial charge in [-0.3, -0.25) is 14.5 Å². The maximum Gasteiger partial charge on any atom is 0.416 e. The Balaban J connectivity index is 1.07. The summed E-state index contributed by atoms with van der Waals surface area (Å²) < 4.78 is 40.6. The van der Waals surface area contributed by atoms with Gasteiger partial charge in [0.15, 0.2) is 0 Å². The molecule has 1 aromatic heterocycles. The minimum absolute atomic E-state index is 0.0760. The van der Waals surface area contributed by atoms with Crippen LogP contribution in [0.15, 0.2) is 61.1 Å². The molecule has 8 nitrogen and oxygen atoms in total. The van der Waals surface area contributed by atoms with Gasteiger partial charge in [-0.2, -0.15) is 13.2 Å². The van der Waals surface area contributed by atoms with Crippen LogP contribution < -0.4 is 10.6 Å². The van der Waals surface area contributed by atoms with E-state index in [1.807, 2.05) is 42.1 Å². The van der Waals surface area contributed by atoms with E-state index in [0.717, 1.165) is 60.8 Å². The lowest BCUT2D eigenvalue weighted by Crippen LogP contribution is -2.45. The molecule has 0 unspecified atom stereocenters. The standard InChI is InChI=1S/C30H34F3N5O3/c1-37-18-26(35-19-37)20-5-7-22(8-6-20)29(41)12-9-25(10-13-29)38-14-11-24(17-38)36-27(39)16-34-28(40)21-3-2-4-23(15-21)30(31,32)33/h2-8,15,18-19,24-25,41H,9-14,16-17H2,1H3,(H,34,40)(H,36,39)/t24-,25?,29?/m1/s1. The highest BCUT2D eigenvalue weighted by atomic mass is 19.4. The first-order chi connectivity index (χ1) is 19.5. The Hall–Kier alpha value is -3.70. The van der Waals surface area contributed by atoms with E-state index >= 15 is 0 Å². The third-order valence-electron chi connectivity index (χ3n) is 8.17. The zero-order chi connectivity index (χ0) is 29.2. The van der Waals surface area contributed by atoms with Crippen molar-refractivity contribution in [2.75, 3.05) is 19.6 Å². The number of aliphatic hydroxyl groups is 1. The number of aryl methyl sites for hydroxylation is 1. The molecule has 1 saturated carbocycles. The summed E-state index contributed by atoms with van der Waals surface area (Å²) in [5.41, 5.74) is 0.871. The molecule has 0 radical (unpaired) electrons. The topological polar surface area (TPSA) is 99.5 Å². The average molecular weight is 570 g/mol. The Bertz CT molecular complexity index is 1380. The van der Waals surface area contributed by atoms with Crippen molar-refractivity contribution in [2.45, 2.75) is 56.0 Å². The van der Waals surface area contributed by atoms with Crippen LogP contribution in [-0.2, 0) is 23.6 Å². The van der Waals surface area contributed by atoms with Crippen molar-refractivity contribution in [3.63, 3.8) is 0 Å². The minimum Gasteiger partial charge on any atom is -0.385 e.